The molecule has 0 aliphatic carbocycles. The summed E-state index contributed by atoms with van der Waals surface area (Å²) >= 11 is 0. The first-order chi connectivity index (χ1) is 11.3. The van der Waals surface area contributed by atoms with Gasteiger partial charge in [0.05, 0.1) is 19.7 Å². The number of nitrogens with zero attached hydrogens (tertiary/aromatic N) is 2. The van der Waals surface area contributed by atoms with Crippen LogP contribution in [0.2, 0.25) is 0 Å². The molecule has 24 heavy (non-hydrogen) atoms. The summed E-state index contributed by atoms with van der Waals surface area (Å²) in [4.78, 5) is 40.8. The zero-order chi connectivity index (χ0) is 17.9. The summed E-state index contributed by atoms with van der Waals surface area (Å²) in [5, 5.41) is 0. The van der Waals surface area contributed by atoms with Crippen LogP contribution in [-0.2, 0) is 11.3 Å². The molecule has 0 aromatic carbocycles. The molecule has 1 fully saturated rings. The summed E-state index contributed by atoms with van der Waals surface area (Å²) in [7, 11) is 1.50. The molecule has 0 radical (unpaired) electrons. The highest BCUT2D eigenvalue weighted by molar-refractivity contribution is 6.01. The molecule has 2 unspecified atom stereocenters. The number of ketones is 1. The summed E-state index contributed by atoms with van der Waals surface area (Å²) in [5.74, 6) is 0.561. The van der Waals surface area contributed by atoms with Crippen molar-refractivity contribution in [2.24, 2.45) is 11.8 Å². The molecule has 1 aliphatic heterocycles. The summed E-state index contributed by atoms with van der Waals surface area (Å²) in [6.45, 7) is 6.50. The first-order valence-corrected chi connectivity index (χ1v) is 8.20. The fourth-order valence-corrected chi connectivity index (χ4v) is 3.47. The van der Waals surface area contributed by atoms with E-state index in [0.29, 0.717) is 11.8 Å². The molecule has 8 nitrogen and oxygen atoms in total. The molecule has 0 amide bonds. The van der Waals surface area contributed by atoms with Gasteiger partial charge in [0.15, 0.2) is 5.78 Å². The standard InChI is InChI=1S/C16H26N4O4/c1-10-6-11(2)8-19(7-10)9-12(21)13-14(17)20(4-5-24-3)16(23)18-15(13)22/h10-11H,4-9,17H2,1-3H3,(H,18,22,23). The van der Waals surface area contributed by atoms with E-state index in [9.17, 15) is 14.4 Å². The molecule has 8 heteroatoms. The Balaban J connectivity index is 2.25. The molecule has 0 bridgehead atoms. The number of hydrogen-bond donors (Lipinski definition) is 2. The van der Waals surface area contributed by atoms with Crippen molar-refractivity contribution in [1.29, 1.82) is 0 Å². The normalized spacial score (nSPS) is 21.8. The summed E-state index contributed by atoms with van der Waals surface area (Å²) in [6.07, 6.45) is 1.13. The third-order valence-corrected chi connectivity index (χ3v) is 4.35. The number of nitrogen functional groups attached to an aromatic ring is 1. The van der Waals surface area contributed by atoms with E-state index < -0.39 is 11.2 Å². The first-order valence-electron chi connectivity index (χ1n) is 8.20. The Hall–Kier alpha value is -1.93. The van der Waals surface area contributed by atoms with Gasteiger partial charge in [-0.15, -0.1) is 0 Å². The van der Waals surface area contributed by atoms with Gasteiger partial charge in [-0.3, -0.25) is 24.0 Å². The van der Waals surface area contributed by atoms with Gasteiger partial charge >= 0.3 is 5.69 Å². The van der Waals surface area contributed by atoms with Crippen molar-refractivity contribution in [3.8, 4) is 0 Å². The van der Waals surface area contributed by atoms with Crippen molar-refractivity contribution in [3.63, 3.8) is 0 Å². The van der Waals surface area contributed by atoms with Gasteiger partial charge in [-0.1, -0.05) is 13.8 Å². The van der Waals surface area contributed by atoms with Crippen LogP contribution in [0.3, 0.4) is 0 Å². The molecule has 0 saturated carbocycles. The number of aromatic nitrogens is 2. The molecule has 2 heterocycles. The van der Waals surface area contributed by atoms with E-state index >= 15 is 0 Å². The number of rotatable bonds is 6. The number of hydrogen-bond acceptors (Lipinski definition) is 6. The highest BCUT2D eigenvalue weighted by atomic mass is 16.5. The van der Waals surface area contributed by atoms with Crippen LogP contribution in [0.25, 0.3) is 0 Å². The van der Waals surface area contributed by atoms with Gasteiger partial charge in [-0.2, -0.15) is 0 Å². The molecule has 1 aliphatic rings. The van der Waals surface area contributed by atoms with Gasteiger partial charge in [0, 0.05) is 20.2 Å². The average molecular weight is 338 g/mol. The Morgan fingerprint density at radius 2 is 1.92 bits per heavy atom. The number of carbonyl (C=O) groups is 1. The summed E-state index contributed by atoms with van der Waals surface area (Å²) in [5.41, 5.74) is 4.43. The maximum Gasteiger partial charge on any atom is 0.330 e. The van der Waals surface area contributed by atoms with Crippen LogP contribution in [0.15, 0.2) is 9.59 Å². The highest BCUT2D eigenvalue weighted by Crippen LogP contribution is 2.21. The lowest BCUT2D eigenvalue weighted by molar-refractivity contribution is 0.0848. The van der Waals surface area contributed by atoms with Crippen molar-refractivity contribution in [3.05, 3.63) is 26.4 Å². The van der Waals surface area contributed by atoms with Crippen LogP contribution < -0.4 is 17.0 Å². The van der Waals surface area contributed by atoms with Crippen LogP contribution >= 0.6 is 0 Å². The smallest absolute Gasteiger partial charge is 0.330 e. The Bertz CT molecular complexity index is 699. The monoisotopic (exact) mass is 338 g/mol. The van der Waals surface area contributed by atoms with Crippen LogP contribution in [0, 0.1) is 11.8 Å². The zero-order valence-electron chi connectivity index (χ0n) is 14.5. The quantitative estimate of drug-likeness (QED) is 0.702. The van der Waals surface area contributed by atoms with E-state index in [0.717, 1.165) is 19.5 Å². The predicted octanol–water partition coefficient (Wildman–Crippen LogP) is -0.0742. The maximum atomic E-state index is 12.6. The molecule has 1 saturated heterocycles. The molecule has 0 spiro atoms. The van der Waals surface area contributed by atoms with Crippen molar-refractivity contribution in [1.82, 2.24) is 14.5 Å². The lowest BCUT2D eigenvalue weighted by Gasteiger charge is -2.34. The van der Waals surface area contributed by atoms with Crippen LogP contribution in [-0.4, -0.2) is 53.6 Å². The van der Waals surface area contributed by atoms with Crippen molar-refractivity contribution >= 4 is 11.6 Å². The fourth-order valence-electron chi connectivity index (χ4n) is 3.47. The highest BCUT2D eigenvalue weighted by Gasteiger charge is 2.26. The first kappa shape index (κ1) is 18.4. The van der Waals surface area contributed by atoms with E-state index in [-0.39, 0.29) is 36.9 Å². The summed E-state index contributed by atoms with van der Waals surface area (Å²) in [6, 6.07) is 0. The number of anilines is 1. The topological polar surface area (TPSA) is 110 Å². The number of aromatic amines is 1. The van der Waals surface area contributed by atoms with Gasteiger partial charge in [-0.05, 0) is 18.3 Å². The molecular formula is C16H26N4O4. The lowest BCUT2D eigenvalue weighted by atomic mass is 9.91. The maximum absolute atomic E-state index is 12.6. The minimum absolute atomic E-state index is 0.0936. The average Bonchev–Trinajstić information content (AvgIpc) is 2.45. The zero-order valence-corrected chi connectivity index (χ0v) is 14.5. The third-order valence-electron chi connectivity index (χ3n) is 4.35. The van der Waals surface area contributed by atoms with Crippen LogP contribution in [0.4, 0.5) is 5.82 Å². The predicted molar refractivity (Wildman–Crippen MR) is 91.3 cm³/mol. The Kier molecular flexibility index (Phi) is 5.95. The Morgan fingerprint density at radius 3 is 2.50 bits per heavy atom. The number of nitrogens with two attached hydrogens (primary N) is 1. The fraction of sp³-hybridized carbons (Fsp3) is 0.688. The van der Waals surface area contributed by atoms with Crippen molar-refractivity contribution < 1.29 is 9.53 Å². The molecule has 3 N–H and O–H groups in total. The number of ether oxygens (including phenoxy) is 1. The minimum atomic E-state index is -0.728. The van der Waals surface area contributed by atoms with E-state index in [1.54, 1.807) is 0 Å². The molecular weight excluding hydrogens is 312 g/mol. The number of nitrogens with one attached hydrogen (secondary N) is 1. The molecule has 1 aromatic rings. The molecule has 134 valence electrons. The second-order valence-electron chi connectivity index (χ2n) is 6.73. The van der Waals surface area contributed by atoms with E-state index in [2.05, 4.69) is 18.8 Å². The summed E-state index contributed by atoms with van der Waals surface area (Å²) < 4.78 is 6.10. The number of piperidine rings is 1. The van der Waals surface area contributed by atoms with Crippen molar-refractivity contribution in [2.45, 2.75) is 26.8 Å². The number of methoxy groups -OCH3 is 1. The van der Waals surface area contributed by atoms with E-state index in [4.69, 9.17) is 10.5 Å². The Morgan fingerprint density at radius 1 is 1.29 bits per heavy atom. The minimum Gasteiger partial charge on any atom is -0.384 e. The number of carbonyl (C=O) groups excluding carboxylic acids is 1. The number of H-pyrrole nitrogens is 1. The van der Waals surface area contributed by atoms with Gasteiger partial charge in [0.25, 0.3) is 5.56 Å². The van der Waals surface area contributed by atoms with Gasteiger partial charge < -0.3 is 10.5 Å². The largest absolute Gasteiger partial charge is 0.384 e. The Labute approximate surface area is 140 Å². The SMILES string of the molecule is COCCn1c(N)c(C(=O)CN2CC(C)CC(C)C2)c(=O)[nH]c1=O. The third kappa shape index (κ3) is 4.12. The molecule has 1 aromatic heterocycles. The number of Topliss-reactive ketones (excluding diaryl/α,β-unsaturated/α-hetero) is 1. The second kappa shape index (κ2) is 7.76. The van der Waals surface area contributed by atoms with Gasteiger partial charge in [-0.25, -0.2) is 4.79 Å². The van der Waals surface area contributed by atoms with Crippen molar-refractivity contribution in [2.75, 3.05) is 39.1 Å². The second-order valence-corrected chi connectivity index (χ2v) is 6.73. The lowest BCUT2D eigenvalue weighted by Crippen LogP contribution is -2.44. The van der Waals surface area contributed by atoms with Crippen LogP contribution in [0.1, 0.15) is 30.6 Å². The molecule has 2 rings (SSSR count). The van der Waals surface area contributed by atoms with E-state index in [1.165, 1.54) is 11.7 Å². The van der Waals surface area contributed by atoms with Gasteiger partial charge in [0.1, 0.15) is 11.4 Å². The number of likely N-dealkylation sites (tertiary alicyclic amines) is 1. The van der Waals surface area contributed by atoms with Crippen LogP contribution in [0.5, 0.6) is 0 Å². The molecule has 2 atom stereocenters. The van der Waals surface area contributed by atoms with Gasteiger partial charge in [0.2, 0.25) is 0 Å². The van der Waals surface area contributed by atoms with E-state index in [1.807, 2.05) is 4.90 Å².